The molecule has 0 spiro atoms. The van der Waals surface area contributed by atoms with Crippen LogP contribution in [0.2, 0.25) is 0 Å². The van der Waals surface area contributed by atoms with Crippen LogP contribution < -0.4 is 11.1 Å². The Morgan fingerprint density at radius 3 is 3.00 bits per heavy atom. The number of carbonyl (C=O) groups is 1. The van der Waals surface area contributed by atoms with Gasteiger partial charge in [0, 0.05) is 12.7 Å². The molecule has 0 aliphatic rings. The van der Waals surface area contributed by atoms with Crippen molar-refractivity contribution in [3.05, 3.63) is 18.1 Å². The van der Waals surface area contributed by atoms with Gasteiger partial charge < -0.3 is 11.1 Å². The first kappa shape index (κ1) is 10.1. The Hall–Kier alpha value is -2.38. The summed E-state index contributed by atoms with van der Waals surface area (Å²) in [7, 11) is 0. The van der Waals surface area contributed by atoms with Gasteiger partial charge in [-0.25, -0.2) is 4.63 Å². The lowest BCUT2D eigenvalue weighted by Gasteiger charge is -1.97. The fourth-order valence-electron chi connectivity index (χ4n) is 1.14. The quantitative estimate of drug-likeness (QED) is 0.762. The zero-order chi connectivity index (χ0) is 11.5. The Balaban J connectivity index is 2.11. The SMILES string of the molecule is CCn1cc(NC(=O)c2nonc2N)cn1. The maximum absolute atomic E-state index is 11.6. The molecule has 8 nitrogen and oxygen atoms in total. The summed E-state index contributed by atoms with van der Waals surface area (Å²) in [5.41, 5.74) is 5.90. The summed E-state index contributed by atoms with van der Waals surface area (Å²) in [5.74, 6) is -0.519. The number of rotatable bonds is 3. The normalized spacial score (nSPS) is 10.3. The predicted molar refractivity (Wildman–Crippen MR) is 54.6 cm³/mol. The van der Waals surface area contributed by atoms with Gasteiger partial charge in [-0.15, -0.1) is 0 Å². The van der Waals surface area contributed by atoms with Crippen LogP contribution in [0, 0.1) is 0 Å². The van der Waals surface area contributed by atoms with Gasteiger partial charge in [-0.05, 0) is 17.2 Å². The Kier molecular flexibility index (Phi) is 2.54. The molecule has 2 aromatic rings. The lowest BCUT2D eigenvalue weighted by molar-refractivity contribution is 0.101. The van der Waals surface area contributed by atoms with E-state index in [0.29, 0.717) is 5.69 Å². The fourth-order valence-corrected chi connectivity index (χ4v) is 1.14. The molecule has 8 heteroatoms. The van der Waals surface area contributed by atoms with Gasteiger partial charge in [-0.2, -0.15) is 5.10 Å². The molecule has 2 heterocycles. The molecule has 0 aliphatic heterocycles. The molecule has 16 heavy (non-hydrogen) atoms. The number of carbonyl (C=O) groups excluding carboxylic acids is 1. The number of anilines is 2. The Morgan fingerprint density at radius 1 is 1.62 bits per heavy atom. The molecule has 1 amide bonds. The van der Waals surface area contributed by atoms with Crippen molar-refractivity contribution in [3.63, 3.8) is 0 Å². The average Bonchev–Trinajstić information content (AvgIpc) is 2.86. The van der Waals surface area contributed by atoms with Gasteiger partial charge >= 0.3 is 0 Å². The number of hydrogen-bond donors (Lipinski definition) is 2. The topological polar surface area (TPSA) is 112 Å². The number of nitrogens with zero attached hydrogens (tertiary/aromatic N) is 4. The predicted octanol–water partition coefficient (Wildman–Crippen LogP) is 0.120. The van der Waals surface area contributed by atoms with Gasteiger partial charge in [0.05, 0.1) is 11.9 Å². The Morgan fingerprint density at radius 2 is 2.44 bits per heavy atom. The van der Waals surface area contributed by atoms with Crippen molar-refractivity contribution in [2.45, 2.75) is 13.5 Å². The maximum atomic E-state index is 11.6. The van der Waals surface area contributed by atoms with E-state index in [4.69, 9.17) is 5.73 Å². The highest BCUT2D eigenvalue weighted by atomic mass is 16.6. The zero-order valence-corrected chi connectivity index (χ0v) is 8.54. The largest absolute Gasteiger partial charge is 0.379 e. The maximum Gasteiger partial charge on any atom is 0.281 e. The molecule has 0 unspecified atom stereocenters. The molecule has 0 radical (unpaired) electrons. The number of nitrogens with two attached hydrogens (primary N) is 1. The monoisotopic (exact) mass is 222 g/mol. The van der Waals surface area contributed by atoms with Gasteiger partial charge in [0.1, 0.15) is 0 Å². The molecule has 0 bridgehead atoms. The molecule has 0 aliphatic carbocycles. The van der Waals surface area contributed by atoms with Crippen LogP contribution in [0.25, 0.3) is 0 Å². The number of aryl methyl sites for hydroxylation is 1. The molecule has 3 N–H and O–H groups in total. The van der Waals surface area contributed by atoms with E-state index in [0.717, 1.165) is 6.54 Å². The van der Waals surface area contributed by atoms with Crippen LogP contribution in [0.3, 0.4) is 0 Å². The van der Waals surface area contributed by atoms with Gasteiger partial charge in [0.2, 0.25) is 11.5 Å². The van der Waals surface area contributed by atoms with Crippen molar-refractivity contribution in [1.29, 1.82) is 0 Å². The third kappa shape index (κ3) is 1.85. The van der Waals surface area contributed by atoms with E-state index in [1.807, 2.05) is 6.92 Å². The minimum atomic E-state index is -0.477. The van der Waals surface area contributed by atoms with Gasteiger partial charge in [-0.3, -0.25) is 9.48 Å². The highest BCUT2D eigenvalue weighted by molar-refractivity contribution is 6.05. The number of amides is 1. The first-order chi connectivity index (χ1) is 7.70. The Labute approximate surface area is 90.4 Å². The first-order valence-corrected chi connectivity index (χ1v) is 4.62. The summed E-state index contributed by atoms with van der Waals surface area (Å²) in [6.45, 7) is 2.67. The molecule has 0 saturated carbocycles. The molecular formula is C8H10N6O2. The summed E-state index contributed by atoms with van der Waals surface area (Å²) in [6.07, 6.45) is 3.23. The fraction of sp³-hybridized carbons (Fsp3) is 0.250. The van der Waals surface area contributed by atoms with E-state index in [9.17, 15) is 4.79 Å². The summed E-state index contributed by atoms with van der Waals surface area (Å²) < 4.78 is 6.00. The minimum absolute atomic E-state index is 0.0377. The van der Waals surface area contributed by atoms with Gasteiger partial charge in [0.15, 0.2) is 0 Å². The van der Waals surface area contributed by atoms with Gasteiger partial charge in [-0.1, -0.05) is 0 Å². The summed E-state index contributed by atoms with van der Waals surface area (Å²) in [6, 6.07) is 0. The molecule has 0 atom stereocenters. The first-order valence-electron chi connectivity index (χ1n) is 4.62. The van der Waals surface area contributed by atoms with Crippen molar-refractivity contribution in [1.82, 2.24) is 20.1 Å². The molecule has 0 fully saturated rings. The molecule has 2 rings (SSSR count). The van der Waals surface area contributed by atoms with E-state index in [-0.39, 0.29) is 11.5 Å². The van der Waals surface area contributed by atoms with Crippen LogP contribution in [-0.2, 0) is 6.54 Å². The van der Waals surface area contributed by atoms with Crippen LogP contribution in [-0.4, -0.2) is 26.0 Å². The van der Waals surface area contributed by atoms with Crippen molar-refractivity contribution in [2.75, 3.05) is 11.1 Å². The summed E-state index contributed by atoms with van der Waals surface area (Å²) in [4.78, 5) is 11.6. The number of nitrogen functional groups attached to an aromatic ring is 1. The second kappa shape index (κ2) is 4.01. The summed E-state index contributed by atoms with van der Waals surface area (Å²) in [5, 5.41) is 13.3. The van der Waals surface area contributed by atoms with Crippen molar-refractivity contribution >= 4 is 17.4 Å². The minimum Gasteiger partial charge on any atom is -0.379 e. The summed E-state index contributed by atoms with van der Waals surface area (Å²) >= 11 is 0. The highest BCUT2D eigenvalue weighted by Gasteiger charge is 2.16. The molecular weight excluding hydrogens is 212 g/mol. The second-order valence-electron chi connectivity index (χ2n) is 3.04. The number of nitrogens with one attached hydrogen (secondary N) is 1. The van der Waals surface area contributed by atoms with E-state index >= 15 is 0 Å². The van der Waals surface area contributed by atoms with Gasteiger partial charge in [0.25, 0.3) is 5.91 Å². The van der Waals surface area contributed by atoms with E-state index in [1.165, 1.54) is 6.20 Å². The Bertz CT molecular complexity index is 502. The van der Waals surface area contributed by atoms with Crippen LogP contribution in [0.1, 0.15) is 17.4 Å². The number of hydrogen-bond acceptors (Lipinski definition) is 6. The standard InChI is InChI=1S/C8H10N6O2/c1-2-14-4-5(3-10-14)11-8(15)6-7(9)13-16-12-6/h3-4H,2H2,1H3,(H2,9,13)(H,11,15). The third-order valence-corrected chi connectivity index (χ3v) is 1.94. The average molecular weight is 222 g/mol. The number of aromatic nitrogens is 4. The molecule has 2 aromatic heterocycles. The zero-order valence-electron chi connectivity index (χ0n) is 8.54. The smallest absolute Gasteiger partial charge is 0.281 e. The van der Waals surface area contributed by atoms with Crippen LogP contribution >= 0.6 is 0 Å². The van der Waals surface area contributed by atoms with Crippen LogP contribution in [0.15, 0.2) is 17.0 Å². The second-order valence-corrected chi connectivity index (χ2v) is 3.04. The molecule has 0 saturated heterocycles. The highest BCUT2D eigenvalue weighted by Crippen LogP contribution is 2.09. The van der Waals surface area contributed by atoms with E-state index < -0.39 is 5.91 Å². The van der Waals surface area contributed by atoms with Crippen molar-refractivity contribution < 1.29 is 9.42 Å². The molecule has 84 valence electrons. The van der Waals surface area contributed by atoms with Crippen molar-refractivity contribution in [3.8, 4) is 0 Å². The van der Waals surface area contributed by atoms with Crippen molar-refractivity contribution in [2.24, 2.45) is 0 Å². The van der Waals surface area contributed by atoms with E-state index in [1.54, 1.807) is 10.9 Å². The third-order valence-electron chi connectivity index (χ3n) is 1.94. The lowest BCUT2D eigenvalue weighted by atomic mass is 10.4. The molecule has 0 aromatic carbocycles. The van der Waals surface area contributed by atoms with Crippen LogP contribution in [0.4, 0.5) is 11.5 Å². The van der Waals surface area contributed by atoms with Crippen LogP contribution in [0.5, 0.6) is 0 Å². The van der Waals surface area contributed by atoms with E-state index in [2.05, 4.69) is 25.4 Å². The lowest BCUT2D eigenvalue weighted by Crippen LogP contribution is -2.13.